The molecule has 1 saturated carbocycles. The van der Waals surface area contributed by atoms with Gasteiger partial charge in [-0.3, -0.25) is 8.98 Å². The standard InChI is InChI=1S/C18H22O5S/c1-18-9-8-14-13-5-3-12(21-24-23-22-20)10-11(13)2-4-15(14)16(18)6-7-17(18)19/h2,4,12,16,20H,3,5-10H2,1H3/t12-,16?,18?/m1/s1. The number of fused-ring (bicyclic) bond motifs is 5. The molecule has 1 aromatic carbocycles. The van der Waals surface area contributed by atoms with Gasteiger partial charge in [0.1, 0.15) is 5.78 Å². The van der Waals surface area contributed by atoms with Crippen molar-refractivity contribution in [2.45, 2.75) is 63.9 Å². The zero-order valence-electron chi connectivity index (χ0n) is 13.7. The molecule has 0 radical (unpaired) electrons. The van der Waals surface area contributed by atoms with Crippen molar-refractivity contribution in [2.75, 3.05) is 0 Å². The second-order valence-corrected chi connectivity index (χ2v) is 7.84. The Morgan fingerprint density at radius 1 is 1.21 bits per heavy atom. The summed E-state index contributed by atoms with van der Waals surface area (Å²) in [6.45, 7) is 2.17. The Labute approximate surface area is 145 Å². The highest BCUT2D eigenvalue weighted by atomic mass is 32.2. The van der Waals surface area contributed by atoms with Crippen molar-refractivity contribution in [3.05, 3.63) is 34.4 Å². The number of ketones is 1. The minimum absolute atomic E-state index is 0.0533. The van der Waals surface area contributed by atoms with Crippen LogP contribution in [-0.4, -0.2) is 17.1 Å². The van der Waals surface area contributed by atoms with Gasteiger partial charge in [-0.15, -0.1) is 4.33 Å². The van der Waals surface area contributed by atoms with E-state index in [0.717, 1.165) is 44.9 Å². The molecule has 6 heteroatoms. The van der Waals surface area contributed by atoms with E-state index in [0.29, 0.717) is 24.0 Å². The summed E-state index contributed by atoms with van der Waals surface area (Å²) in [5, 5.41) is 11.7. The molecule has 4 rings (SSSR count). The Morgan fingerprint density at radius 2 is 2.08 bits per heavy atom. The van der Waals surface area contributed by atoms with E-state index in [1.54, 1.807) is 0 Å². The predicted octanol–water partition coefficient (Wildman–Crippen LogP) is 3.94. The fourth-order valence-corrected chi connectivity index (χ4v) is 5.31. The molecule has 1 N–H and O–H groups in total. The minimum Gasteiger partial charge on any atom is -0.299 e. The molecule has 0 aromatic heterocycles. The van der Waals surface area contributed by atoms with Crippen molar-refractivity contribution in [1.82, 2.24) is 0 Å². The van der Waals surface area contributed by atoms with Gasteiger partial charge in [0.15, 0.2) is 12.3 Å². The third-order valence-electron chi connectivity index (χ3n) is 6.30. The molecule has 1 aromatic rings. The van der Waals surface area contributed by atoms with E-state index < -0.39 is 0 Å². The largest absolute Gasteiger partial charge is 0.299 e. The van der Waals surface area contributed by atoms with Crippen LogP contribution < -0.4 is 0 Å². The molecular weight excluding hydrogens is 328 g/mol. The van der Waals surface area contributed by atoms with Crippen molar-refractivity contribution in [3.63, 3.8) is 0 Å². The van der Waals surface area contributed by atoms with Gasteiger partial charge in [0.2, 0.25) is 0 Å². The molecule has 0 aliphatic heterocycles. The highest BCUT2D eigenvalue weighted by Crippen LogP contribution is 2.54. The van der Waals surface area contributed by atoms with Crippen molar-refractivity contribution in [1.29, 1.82) is 0 Å². The molecule has 0 saturated heterocycles. The third-order valence-corrected chi connectivity index (χ3v) is 6.76. The molecular formula is C18H22O5S. The molecule has 2 unspecified atom stereocenters. The highest BCUT2D eigenvalue weighted by Gasteiger charge is 2.49. The molecule has 3 aliphatic carbocycles. The van der Waals surface area contributed by atoms with Gasteiger partial charge in [0.05, 0.1) is 6.10 Å². The van der Waals surface area contributed by atoms with Gasteiger partial charge >= 0.3 is 0 Å². The summed E-state index contributed by atoms with van der Waals surface area (Å²) in [4.78, 5) is 12.3. The maximum atomic E-state index is 12.3. The van der Waals surface area contributed by atoms with Crippen LogP contribution >= 0.6 is 12.3 Å². The van der Waals surface area contributed by atoms with Crippen molar-refractivity contribution >= 4 is 18.1 Å². The Kier molecular flexibility index (Phi) is 4.43. The van der Waals surface area contributed by atoms with E-state index in [9.17, 15) is 4.79 Å². The quantitative estimate of drug-likeness (QED) is 0.384. The minimum atomic E-state index is -0.139. The number of Topliss-reactive ketones (excluding diaryl/α,β-unsaturated/α-hetero) is 1. The summed E-state index contributed by atoms with van der Waals surface area (Å²) in [7, 11) is 0. The zero-order chi connectivity index (χ0) is 16.7. The fourth-order valence-electron chi connectivity index (χ4n) is 4.97. The average Bonchev–Trinajstić information content (AvgIpc) is 2.90. The SMILES string of the molecule is CC12CCc3c(ccc4c3CC[C@@H](OSOOO)C4)C1CCC2=O. The normalized spacial score (nSPS) is 31.5. The second-order valence-electron chi connectivity index (χ2n) is 7.37. The summed E-state index contributed by atoms with van der Waals surface area (Å²) in [5.41, 5.74) is 5.58. The van der Waals surface area contributed by atoms with Crippen LogP contribution in [0.15, 0.2) is 12.1 Å². The first-order chi connectivity index (χ1) is 11.6. The highest BCUT2D eigenvalue weighted by molar-refractivity contribution is 7.89. The molecule has 0 spiro atoms. The number of rotatable bonds is 4. The van der Waals surface area contributed by atoms with E-state index in [1.165, 1.54) is 22.3 Å². The first-order valence-corrected chi connectivity index (χ1v) is 9.27. The Bertz CT molecular complexity index is 661. The Balaban J connectivity index is 1.58. The molecule has 0 amide bonds. The van der Waals surface area contributed by atoms with Crippen molar-refractivity contribution < 1.29 is 23.6 Å². The van der Waals surface area contributed by atoms with Crippen LogP contribution in [0.25, 0.3) is 0 Å². The van der Waals surface area contributed by atoms with Crippen LogP contribution in [0.5, 0.6) is 0 Å². The maximum Gasteiger partial charge on any atom is 0.197 e. The van der Waals surface area contributed by atoms with E-state index in [1.807, 2.05) is 0 Å². The first kappa shape index (κ1) is 16.5. The molecule has 3 aliphatic rings. The Hall–Kier alpha value is -0.920. The van der Waals surface area contributed by atoms with E-state index in [4.69, 9.17) is 9.44 Å². The topological polar surface area (TPSA) is 65.0 Å². The summed E-state index contributed by atoms with van der Waals surface area (Å²) in [5.74, 6) is 0.853. The van der Waals surface area contributed by atoms with Gasteiger partial charge in [-0.2, -0.15) is 0 Å². The third kappa shape index (κ3) is 2.61. The monoisotopic (exact) mass is 350 g/mol. The molecule has 0 bridgehead atoms. The lowest BCUT2D eigenvalue weighted by Gasteiger charge is -2.39. The lowest BCUT2D eigenvalue weighted by molar-refractivity contribution is -0.434. The van der Waals surface area contributed by atoms with Crippen LogP contribution in [0.1, 0.15) is 60.8 Å². The molecule has 24 heavy (non-hydrogen) atoms. The molecule has 5 nitrogen and oxygen atoms in total. The van der Waals surface area contributed by atoms with Crippen LogP contribution in [0.4, 0.5) is 0 Å². The summed E-state index contributed by atoms with van der Waals surface area (Å²) in [6, 6.07) is 4.46. The zero-order valence-corrected chi connectivity index (χ0v) is 14.6. The van der Waals surface area contributed by atoms with Gasteiger partial charge in [-0.25, -0.2) is 5.26 Å². The number of hydrogen-bond acceptors (Lipinski definition) is 6. The number of carbonyl (C=O) groups excluding carboxylic acids is 1. The molecule has 0 heterocycles. The van der Waals surface area contributed by atoms with E-state index in [2.05, 4.69) is 28.4 Å². The number of benzene rings is 1. The van der Waals surface area contributed by atoms with Gasteiger partial charge in [-0.1, -0.05) is 24.1 Å². The lowest BCUT2D eigenvalue weighted by atomic mass is 9.65. The van der Waals surface area contributed by atoms with Crippen LogP contribution in [0, 0.1) is 5.41 Å². The van der Waals surface area contributed by atoms with E-state index >= 15 is 0 Å². The van der Waals surface area contributed by atoms with Gasteiger partial charge in [-0.05, 0) is 60.3 Å². The molecule has 1 fully saturated rings. The van der Waals surface area contributed by atoms with Gasteiger partial charge < -0.3 is 0 Å². The summed E-state index contributed by atoms with van der Waals surface area (Å²) in [6.07, 6.45) is 6.53. The smallest absolute Gasteiger partial charge is 0.197 e. The maximum absolute atomic E-state index is 12.3. The fraction of sp³-hybridized carbons (Fsp3) is 0.611. The number of hydrogen-bond donors (Lipinski definition) is 1. The molecule has 130 valence electrons. The molecule has 3 atom stereocenters. The van der Waals surface area contributed by atoms with Crippen LogP contribution in [-0.2, 0) is 37.6 Å². The Morgan fingerprint density at radius 3 is 2.92 bits per heavy atom. The summed E-state index contributed by atoms with van der Waals surface area (Å²) >= 11 is 0.666. The van der Waals surface area contributed by atoms with Crippen molar-refractivity contribution in [3.8, 4) is 0 Å². The van der Waals surface area contributed by atoms with Crippen LogP contribution in [0.2, 0.25) is 0 Å². The van der Waals surface area contributed by atoms with Gasteiger partial charge in [0.25, 0.3) is 0 Å². The van der Waals surface area contributed by atoms with Gasteiger partial charge in [0, 0.05) is 18.3 Å². The first-order valence-electron chi connectivity index (χ1n) is 8.60. The summed E-state index contributed by atoms with van der Waals surface area (Å²) < 4.78 is 9.79. The second kappa shape index (κ2) is 6.42. The van der Waals surface area contributed by atoms with E-state index in [-0.39, 0.29) is 11.5 Å². The number of carbonyl (C=O) groups is 1. The van der Waals surface area contributed by atoms with Crippen LogP contribution in [0.3, 0.4) is 0 Å². The average molecular weight is 350 g/mol. The predicted molar refractivity (Wildman–Crippen MR) is 89.1 cm³/mol. The lowest BCUT2D eigenvalue weighted by Crippen LogP contribution is -2.33. The van der Waals surface area contributed by atoms with Crippen molar-refractivity contribution in [2.24, 2.45) is 5.41 Å².